The lowest BCUT2D eigenvalue weighted by molar-refractivity contribution is -0.384. The minimum Gasteiger partial charge on any atom is -0.324 e. The third-order valence-corrected chi connectivity index (χ3v) is 4.19. The summed E-state index contributed by atoms with van der Waals surface area (Å²) in [7, 11) is 0. The van der Waals surface area contributed by atoms with E-state index in [0.29, 0.717) is 24.3 Å². The van der Waals surface area contributed by atoms with E-state index >= 15 is 0 Å². The zero-order valence-electron chi connectivity index (χ0n) is 13.9. The molecule has 26 heavy (non-hydrogen) atoms. The van der Waals surface area contributed by atoms with Gasteiger partial charge in [-0.1, -0.05) is 18.2 Å². The fourth-order valence-electron chi connectivity index (χ4n) is 2.89. The number of carbonyl (C=O) groups is 2. The Bertz CT molecular complexity index is 808. The van der Waals surface area contributed by atoms with Crippen molar-refractivity contribution in [2.45, 2.75) is 18.9 Å². The molecule has 2 aromatic rings. The molecule has 1 atom stereocenters. The van der Waals surface area contributed by atoms with Crippen LogP contribution in [-0.2, 0) is 4.79 Å². The van der Waals surface area contributed by atoms with Crippen LogP contribution in [0.3, 0.4) is 0 Å². The Labute approximate surface area is 150 Å². The highest BCUT2D eigenvalue weighted by molar-refractivity contribution is 5.99. The number of nitrogens with zero attached hydrogens (tertiary/aromatic N) is 2. The first-order chi connectivity index (χ1) is 12.5. The number of para-hydroxylation sites is 1. The molecule has 0 saturated carbocycles. The second kappa shape index (κ2) is 7.64. The molecule has 0 bridgehead atoms. The highest BCUT2D eigenvalue weighted by Crippen LogP contribution is 2.22. The summed E-state index contributed by atoms with van der Waals surface area (Å²) in [6, 6.07) is 13.7. The molecule has 0 aromatic heterocycles. The lowest BCUT2D eigenvalue weighted by atomic mass is 10.2. The SMILES string of the molecule is O=C(Nc1ccccc1)[C@H]1CCCN1C(=O)Nc1ccc([N+](=O)[O-])cc1. The summed E-state index contributed by atoms with van der Waals surface area (Å²) < 4.78 is 0. The van der Waals surface area contributed by atoms with E-state index < -0.39 is 17.0 Å². The van der Waals surface area contributed by atoms with Crippen molar-refractivity contribution in [3.63, 3.8) is 0 Å². The average Bonchev–Trinajstić information content (AvgIpc) is 3.13. The van der Waals surface area contributed by atoms with Gasteiger partial charge >= 0.3 is 6.03 Å². The predicted molar refractivity (Wildman–Crippen MR) is 96.9 cm³/mol. The molecular weight excluding hydrogens is 336 g/mol. The van der Waals surface area contributed by atoms with Gasteiger partial charge in [-0.3, -0.25) is 14.9 Å². The summed E-state index contributed by atoms with van der Waals surface area (Å²) in [5, 5.41) is 16.2. The summed E-state index contributed by atoms with van der Waals surface area (Å²) in [5.41, 5.74) is 1.07. The van der Waals surface area contributed by atoms with Crippen molar-refractivity contribution in [3.05, 3.63) is 64.7 Å². The molecule has 0 aliphatic carbocycles. The first-order valence-corrected chi connectivity index (χ1v) is 8.22. The van der Waals surface area contributed by atoms with E-state index in [2.05, 4.69) is 10.6 Å². The summed E-state index contributed by atoms with van der Waals surface area (Å²) in [6.45, 7) is 0.478. The van der Waals surface area contributed by atoms with E-state index in [0.717, 1.165) is 6.42 Å². The highest BCUT2D eigenvalue weighted by Gasteiger charge is 2.34. The number of urea groups is 1. The first kappa shape index (κ1) is 17.4. The summed E-state index contributed by atoms with van der Waals surface area (Å²) in [4.78, 5) is 36.7. The van der Waals surface area contributed by atoms with E-state index in [4.69, 9.17) is 0 Å². The molecular formula is C18H18N4O4. The van der Waals surface area contributed by atoms with Gasteiger partial charge in [0, 0.05) is 30.1 Å². The molecule has 2 aromatic carbocycles. The Kier molecular flexibility index (Phi) is 5.12. The standard InChI is InChI=1S/C18H18N4O4/c23-17(19-13-5-2-1-3-6-13)16-7-4-12-21(16)18(24)20-14-8-10-15(11-9-14)22(25)26/h1-3,5-6,8-11,16H,4,7,12H2,(H,19,23)(H,20,24)/t16-/m1/s1. The van der Waals surface area contributed by atoms with Gasteiger partial charge in [0.1, 0.15) is 6.04 Å². The van der Waals surface area contributed by atoms with Gasteiger partial charge < -0.3 is 15.5 Å². The van der Waals surface area contributed by atoms with Crippen LogP contribution in [0.4, 0.5) is 21.9 Å². The van der Waals surface area contributed by atoms with E-state index in [1.807, 2.05) is 18.2 Å². The number of nitrogens with one attached hydrogen (secondary N) is 2. The van der Waals surface area contributed by atoms with Gasteiger partial charge in [-0.25, -0.2) is 4.79 Å². The number of anilines is 2. The van der Waals surface area contributed by atoms with Crippen molar-refractivity contribution in [2.75, 3.05) is 17.2 Å². The van der Waals surface area contributed by atoms with Gasteiger partial charge in [-0.05, 0) is 37.1 Å². The monoisotopic (exact) mass is 354 g/mol. The molecule has 2 N–H and O–H groups in total. The minimum absolute atomic E-state index is 0.0516. The molecule has 134 valence electrons. The van der Waals surface area contributed by atoms with Gasteiger partial charge in [0.15, 0.2) is 0 Å². The topological polar surface area (TPSA) is 105 Å². The largest absolute Gasteiger partial charge is 0.324 e. The van der Waals surface area contributed by atoms with Crippen molar-refractivity contribution < 1.29 is 14.5 Å². The number of hydrogen-bond donors (Lipinski definition) is 2. The Morgan fingerprint density at radius 3 is 2.31 bits per heavy atom. The molecule has 8 heteroatoms. The van der Waals surface area contributed by atoms with Crippen molar-refractivity contribution >= 4 is 29.0 Å². The number of amides is 3. The predicted octanol–water partition coefficient (Wildman–Crippen LogP) is 3.23. The van der Waals surface area contributed by atoms with Gasteiger partial charge in [-0.2, -0.15) is 0 Å². The molecule has 3 amide bonds. The number of hydrogen-bond acceptors (Lipinski definition) is 4. The molecule has 8 nitrogen and oxygen atoms in total. The van der Waals surface area contributed by atoms with Gasteiger partial charge in [-0.15, -0.1) is 0 Å². The molecule has 1 aliphatic rings. The maximum Gasteiger partial charge on any atom is 0.322 e. The number of nitro groups is 1. The molecule has 1 saturated heterocycles. The maximum atomic E-state index is 12.5. The fraction of sp³-hybridized carbons (Fsp3) is 0.222. The summed E-state index contributed by atoms with van der Waals surface area (Å²) in [6.07, 6.45) is 1.33. The number of carbonyl (C=O) groups excluding carboxylic acids is 2. The molecule has 0 unspecified atom stereocenters. The summed E-state index contributed by atoms with van der Waals surface area (Å²) >= 11 is 0. The quantitative estimate of drug-likeness (QED) is 0.649. The van der Waals surface area contributed by atoms with E-state index in [1.165, 1.54) is 29.2 Å². The highest BCUT2D eigenvalue weighted by atomic mass is 16.6. The number of rotatable bonds is 4. The van der Waals surface area contributed by atoms with Crippen molar-refractivity contribution in [1.29, 1.82) is 0 Å². The molecule has 1 fully saturated rings. The number of benzene rings is 2. The maximum absolute atomic E-state index is 12.5. The number of nitro benzene ring substituents is 1. The van der Waals surface area contributed by atoms with E-state index in [1.54, 1.807) is 12.1 Å². The van der Waals surface area contributed by atoms with Crippen LogP contribution in [0.15, 0.2) is 54.6 Å². The van der Waals surface area contributed by atoms with Gasteiger partial charge in [0.25, 0.3) is 5.69 Å². The van der Waals surface area contributed by atoms with Crippen LogP contribution in [-0.4, -0.2) is 34.3 Å². The lowest BCUT2D eigenvalue weighted by Crippen LogP contribution is -2.45. The summed E-state index contributed by atoms with van der Waals surface area (Å²) in [5.74, 6) is -0.229. The Morgan fingerprint density at radius 1 is 1.00 bits per heavy atom. The zero-order valence-corrected chi connectivity index (χ0v) is 13.9. The van der Waals surface area contributed by atoms with Crippen LogP contribution in [0, 0.1) is 10.1 Å². The molecule has 1 aliphatic heterocycles. The van der Waals surface area contributed by atoms with Crippen LogP contribution in [0.5, 0.6) is 0 Å². The molecule has 3 rings (SSSR count). The molecule has 1 heterocycles. The normalized spacial score (nSPS) is 16.2. The second-order valence-electron chi connectivity index (χ2n) is 5.94. The molecule has 0 radical (unpaired) electrons. The van der Waals surface area contributed by atoms with Gasteiger partial charge in [0.2, 0.25) is 5.91 Å². The third-order valence-electron chi connectivity index (χ3n) is 4.19. The smallest absolute Gasteiger partial charge is 0.322 e. The lowest BCUT2D eigenvalue weighted by Gasteiger charge is -2.24. The van der Waals surface area contributed by atoms with E-state index in [-0.39, 0.29) is 11.6 Å². The van der Waals surface area contributed by atoms with Crippen LogP contribution in [0.2, 0.25) is 0 Å². The Morgan fingerprint density at radius 2 is 1.65 bits per heavy atom. The minimum atomic E-state index is -0.548. The first-order valence-electron chi connectivity index (χ1n) is 8.22. The number of likely N-dealkylation sites (tertiary alicyclic amines) is 1. The van der Waals surface area contributed by atoms with Crippen LogP contribution < -0.4 is 10.6 Å². The second-order valence-corrected chi connectivity index (χ2v) is 5.94. The zero-order chi connectivity index (χ0) is 18.5. The van der Waals surface area contributed by atoms with Crippen molar-refractivity contribution in [1.82, 2.24) is 4.90 Å². The third kappa shape index (κ3) is 3.97. The van der Waals surface area contributed by atoms with Crippen LogP contribution >= 0.6 is 0 Å². The van der Waals surface area contributed by atoms with Crippen molar-refractivity contribution in [2.24, 2.45) is 0 Å². The van der Waals surface area contributed by atoms with E-state index in [9.17, 15) is 19.7 Å². The van der Waals surface area contributed by atoms with Crippen molar-refractivity contribution in [3.8, 4) is 0 Å². The average molecular weight is 354 g/mol. The van der Waals surface area contributed by atoms with Crippen LogP contribution in [0.25, 0.3) is 0 Å². The fourth-order valence-corrected chi connectivity index (χ4v) is 2.89. The van der Waals surface area contributed by atoms with Gasteiger partial charge in [0.05, 0.1) is 4.92 Å². The number of non-ortho nitro benzene ring substituents is 1. The molecule has 0 spiro atoms. The Hall–Kier alpha value is -3.42. The Balaban J connectivity index is 1.64. The van der Waals surface area contributed by atoms with Crippen LogP contribution in [0.1, 0.15) is 12.8 Å².